The fraction of sp³-hybridized carbons (Fsp3) is 0.231. The Morgan fingerprint density at radius 1 is 0.933 bits per heavy atom. The topological polar surface area (TPSA) is 56.3 Å². The van der Waals surface area contributed by atoms with Gasteiger partial charge in [0.2, 0.25) is 5.36 Å². The highest BCUT2D eigenvalue weighted by atomic mass is 16.4. The SMILES string of the molecule is CCc1ccc2c(-c3ccccc3C(=O)[O-])c3ccc(=[N+](CC)CC)cc-3oc2c1. The number of aryl methyl sites for hydroxylation is 1. The van der Waals surface area contributed by atoms with Crippen LogP contribution in [0.4, 0.5) is 0 Å². The third kappa shape index (κ3) is 3.39. The van der Waals surface area contributed by atoms with E-state index in [0.29, 0.717) is 5.56 Å². The molecule has 0 atom stereocenters. The molecule has 2 aromatic rings. The van der Waals surface area contributed by atoms with Gasteiger partial charge < -0.3 is 14.3 Å². The van der Waals surface area contributed by atoms with E-state index in [1.807, 2.05) is 36.4 Å². The number of nitrogens with zero attached hydrogens (tertiary/aromatic N) is 1. The fourth-order valence-electron chi connectivity index (χ4n) is 4.10. The highest BCUT2D eigenvalue weighted by Crippen LogP contribution is 2.41. The molecular weight excluding hydrogens is 374 g/mol. The lowest BCUT2D eigenvalue weighted by Crippen LogP contribution is -2.29. The maximum absolute atomic E-state index is 11.8. The highest BCUT2D eigenvalue weighted by molar-refractivity contribution is 6.07. The maximum atomic E-state index is 11.8. The van der Waals surface area contributed by atoms with E-state index in [-0.39, 0.29) is 5.56 Å². The summed E-state index contributed by atoms with van der Waals surface area (Å²) in [5.41, 5.74) is 4.49. The Hall–Kier alpha value is -3.40. The first kappa shape index (κ1) is 19.9. The Balaban J connectivity index is 2.17. The van der Waals surface area contributed by atoms with Crippen molar-refractivity contribution < 1.29 is 14.3 Å². The molecule has 0 amide bonds. The van der Waals surface area contributed by atoms with Crippen molar-refractivity contribution in [1.82, 2.24) is 4.58 Å². The van der Waals surface area contributed by atoms with Gasteiger partial charge in [-0.3, -0.25) is 0 Å². The van der Waals surface area contributed by atoms with E-state index in [0.717, 1.165) is 52.7 Å². The summed E-state index contributed by atoms with van der Waals surface area (Å²) in [5.74, 6) is -0.444. The second-order valence-corrected chi connectivity index (χ2v) is 7.35. The first-order valence-corrected chi connectivity index (χ1v) is 10.5. The average molecular weight is 399 g/mol. The maximum Gasteiger partial charge on any atom is 0.203 e. The minimum atomic E-state index is -1.18. The number of carbonyl (C=O) groups excluding carboxylic acids is 1. The highest BCUT2D eigenvalue weighted by Gasteiger charge is 2.20. The van der Waals surface area contributed by atoms with Crippen LogP contribution >= 0.6 is 0 Å². The Morgan fingerprint density at radius 2 is 1.70 bits per heavy atom. The van der Waals surface area contributed by atoms with Gasteiger partial charge in [-0.05, 0) is 43.5 Å². The van der Waals surface area contributed by atoms with Crippen LogP contribution in [0.5, 0.6) is 0 Å². The summed E-state index contributed by atoms with van der Waals surface area (Å²) in [7, 11) is 0. The summed E-state index contributed by atoms with van der Waals surface area (Å²) in [6, 6.07) is 19.3. The van der Waals surface area contributed by atoms with Crippen molar-refractivity contribution in [2.75, 3.05) is 13.1 Å². The van der Waals surface area contributed by atoms with Gasteiger partial charge in [0, 0.05) is 28.1 Å². The van der Waals surface area contributed by atoms with Crippen LogP contribution in [0.15, 0.2) is 65.1 Å². The number of carboxylic acid groups (broad SMARTS) is 1. The molecule has 30 heavy (non-hydrogen) atoms. The van der Waals surface area contributed by atoms with Crippen molar-refractivity contribution in [3.63, 3.8) is 0 Å². The molecule has 4 rings (SSSR count). The van der Waals surface area contributed by atoms with E-state index in [1.165, 1.54) is 5.56 Å². The zero-order valence-electron chi connectivity index (χ0n) is 17.6. The van der Waals surface area contributed by atoms with E-state index < -0.39 is 5.97 Å². The molecule has 0 bridgehead atoms. The Morgan fingerprint density at radius 3 is 2.40 bits per heavy atom. The smallest absolute Gasteiger partial charge is 0.203 e. The van der Waals surface area contributed by atoms with Crippen molar-refractivity contribution in [2.45, 2.75) is 27.2 Å². The number of fused-ring (bicyclic) bond motifs is 2. The van der Waals surface area contributed by atoms with Crippen molar-refractivity contribution in [3.05, 3.63) is 77.1 Å². The molecule has 0 N–H and O–H groups in total. The standard InChI is InChI=1S/C26H25NO3/c1-4-17-11-13-21-23(15-17)30-24-16-18(27(5-2)6-3)12-14-22(24)25(21)19-9-7-8-10-20(19)26(28)29/h7-16H,4-6H2,1-3H3. The number of benzene rings is 3. The lowest BCUT2D eigenvalue weighted by Gasteiger charge is -2.18. The summed E-state index contributed by atoms with van der Waals surface area (Å²) < 4.78 is 8.60. The molecule has 4 nitrogen and oxygen atoms in total. The molecule has 2 aliphatic rings. The molecule has 4 heteroatoms. The van der Waals surface area contributed by atoms with Crippen molar-refractivity contribution >= 4 is 16.9 Å². The molecule has 0 spiro atoms. The zero-order chi connectivity index (χ0) is 21.3. The molecule has 1 aliphatic heterocycles. The molecule has 0 aromatic heterocycles. The van der Waals surface area contributed by atoms with Crippen molar-refractivity contribution in [1.29, 1.82) is 0 Å². The molecule has 0 unspecified atom stereocenters. The van der Waals surface area contributed by atoms with Crippen molar-refractivity contribution in [2.24, 2.45) is 0 Å². The second-order valence-electron chi connectivity index (χ2n) is 7.35. The van der Waals surface area contributed by atoms with Gasteiger partial charge in [0.1, 0.15) is 24.4 Å². The summed E-state index contributed by atoms with van der Waals surface area (Å²) >= 11 is 0. The predicted molar refractivity (Wildman–Crippen MR) is 118 cm³/mol. The molecule has 0 radical (unpaired) electrons. The van der Waals surface area contributed by atoms with Gasteiger partial charge in [0.05, 0.1) is 12.0 Å². The van der Waals surface area contributed by atoms with Crippen LogP contribution in [0.2, 0.25) is 0 Å². The normalized spacial score (nSPS) is 11.2. The van der Waals surface area contributed by atoms with E-state index in [4.69, 9.17) is 4.42 Å². The van der Waals surface area contributed by atoms with E-state index >= 15 is 0 Å². The van der Waals surface area contributed by atoms with Crippen LogP contribution in [-0.4, -0.2) is 19.1 Å². The molecule has 1 heterocycles. The Kier molecular flexibility index (Phi) is 5.40. The molecule has 0 fully saturated rings. The van der Waals surface area contributed by atoms with Gasteiger partial charge >= 0.3 is 0 Å². The van der Waals surface area contributed by atoms with Crippen LogP contribution in [0.1, 0.15) is 36.7 Å². The fourth-order valence-corrected chi connectivity index (χ4v) is 4.10. The molecule has 152 valence electrons. The average Bonchev–Trinajstić information content (AvgIpc) is 2.77. The molecule has 1 aliphatic carbocycles. The lowest BCUT2D eigenvalue weighted by molar-refractivity contribution is -0.254. The number of carboxylic acids is 1. The van der Waals surface area contributed by atoms with Crippen molar-refractivity contribution in [3.8, 4) is 22.5 Å². The predicted octanol–water partition coefficient (Wildman–Crippen LogP) is 3.94. The van der Waals surface area contributed by atoms with Gasteiger partial charge in [0.25, 0.3) is 0 Å². The lowest BCUT2D eigenvalue weighted by atomic mass is 9.90. The van der Waals surface area contributed by atoms with Gasteiger partial charge in [-0.1, -0.05) is 43.3 Å². The molecule has 0 saturated heterocycles. The number of rotatable bonds is 5. The van der Waals surface area contributed by atoms with Crippen LogP contribution < -0.4 is 15.0 Å². The third-order valence-corrected chi connectivity index (χ3v) is 5.72. The number of hydrogen-bond donors (Lipinski definition) is 0. The minimum absolute atomic E-state index is 0.179. The largest absolute Gasteiger partial charge is 0.545 e. The number of hydrogen-bond acceptors (Lipinski definition) is 3. The van der Waals surface area contributed by atoms with Gasteiger partial charge in [-0.2, -0.15) is 0 Å². The quantitative estimate of drug-likeness (QED) is 0.377. The van der Waals surface area contributed by atoms with Gasteiger partial charge in [-0.15, -0.1) is 0 Å². The summed E-state index contributed by atoms with van der Waals surface area (Å²) in [5, 5.41) is 13.8. The third-order valence-electron chi connectivity index (χ3n) is 5.72. The minimum Gasteiger partial charge on any atom is -0.545 e. The number of aromatic carboxylic acids is 1. The van der Waals surface area contributed by atoms with E-state index in [1.54, 1.807) is 12.1 Å². The van der Waals surface area contributed by atoms with E-state index in [9.17, 15) is 9.90 Å². The van der Waals surface area contributed by atoms with Crippen LogP contribution in [0.3, 0.4) is 0 Å². The monoisotopic (exact) mass is 399 g/mol. The zero-order valence-corrected chi connectivity index (χ0v) is 17.6. The molecule has 2 aromatic carbocycles. The summed E-state index contributed by atoms with van der Waals surface area (Å²) in [4.78, 5) is 11.8. The molecule has 0 saturated carbocycles. The Bertz CT molecular complexity index is 1280. The second kappa shape index (κ2) is 8.15. The first-order valence-electron chi connectivity index (χ1n) is 10.5. The molecular formula is C26H25NO3. The first-order chi connectivity index (χ1) is 14.6. The van der Waals surface area contributed by atoms with E-state index in [2.05, 4.69) is 37.5 Å². The summed E-state index contributed by atoms with van der Waals surface area (Å²) in [6.45, 7) is 8.15. The Labute approximate surface area is 176 Å². The van der Waals surface area contributed by atoms with Crippen LogP contribution in [0.25, 0.3) is 33.4 Å². The number of carbonyl (C=O) groups is 1. The van der Waals surface area contributed by atoms with Gasteiger partial charge in [0.15, 0.2) is 0 Å². The summed E-state index contributed by atoms with van der Waals surface area (Å²) in [6.07, 6.45) is 0.897. The van der Waals surface area contributed by atoms with Gasteiger partial charge in [-0.25, -0.2) is 4.58 Å². The van der Waals surface area contributed by atoms with Crippen LogP contribution in [-0.2, 0) is 6.42 Å². The van der Waals surface area contributed by atoms with Crippen LogP contribution in [0, 0.1) is 0 Å².